The highest BCUT2D eigenvalue weighted by atomic mass is 19.1. The molecule has 0 radical (unpaired) electrons. The monoisotopic (exact) mass is 303 g/mol. The number of halogens is 1. The lowest BCUT2D eigenvalue weighted by molar-refractivity contribution is 0.211. The van der Waals surface area contributed by atoms with Crippen LogP contribution < -0.4 is 4.90 Å². The van der Waals surface area contributed by atoms with E-state index in [-0.39, 0.29) is 5.82 Å². The number of hydrogen-bond acceptors (Lipinski definition) is 6. The van der Waals surface area contributed by atoms with Crippen molar-refractivity contribution >= 4 is 5.82 Å². The number of pyridine rings is 1. The summed E-state index contributed by atoms with van der Waals surface area (Å²) in [4.78, 5) is 13.1. The second kappa shape index (κ2) is 5.31. The Bertz CT molecular complexity index is 658. The summed E-state index contributed by atoms with van der Waals surface area (Å²) in [6, 6.07) is 3.69. The molecule has 7 heteroatoms. The molecular formula is C15H18FN5O. The summed E-state index contributed by atoms with van der Waals surface area (Å²) in [5, 5.41) is 3.85. The number of aryl methyl sites for hydroxylation is 1. The Morgan fingerprint density at radius 1 is 1.36 bits per heavy atom. The van der Waals surface area contributed by atoms with E-state index in [0.29, 0.717) is 30.2 Å². The molecule has 2 aliphatic heterocycles. The molecule has 2 unspecified atom stereocenters. The summed E-state index contributed by atoms with van der Waals surface area (Å²) in [6.07, 6.45) is 2.44. The predicted molar refractivity (Wildman–Crippen MR) is 77.7 cm³/mol. The largest absolute Gasteiger partial charge is 0.355 e. The molecule has 2 aromatic heterocycles. The van der Waals surface area contributed by atoms with Crippen LogP contribution in [0.3, 0.4) is 0 Å². The topological polar surface area (TPSA) is 58.3 Å². The van der Waals surface area contributed by atoms with E-state index >= 15 is 0 Å². The van der Waals surface area contributed by atoms with Crippen molar-refractivity contribution < 1.29 is 8.91 Å². The first-order chi connectivity index (χ1) is 10.7. The highest BCUT2D eigenvalue weighted by Gasteiger charge is 2.42. The van der Waals surface area contributed by atoms with Gasteiger partial charge in [-0.15, -0.1) is 0 Å². The molecule has 0 spiro atoms. The molecule has 0 aliphatic carbocycles. The highest BCUT2D eigenvalue weighted by molar-refractivity contribution is 5.40. The van der Waals surface area contributed by atoms with Gasteiger partial charge in [0.25, 0.3) is 0 Å². The maximum Gasteiger partial charge on any atom is 0.240 e. The van der Waals surface area contributed by atoms with Gasteiger partial charge in [-0.25, -0.2) is 9.37 Å². The number of nitrogens with zero attached hydrogens (tertiary/aromatic N) is 5. The third-order valence-corrected chi connectivity index (χ3v) is 4.61. The van der Waals surface area contributed by atoms with Crippen LogP contribution in [0.25, 0.3) is 0 Å². The van der Waals surface area contributed by atoms with E-state index in [2.05, 4.69) is 24.9 Å². The summed E-state index contributed by atoms with van der Waals surface area (Å²) in [6.45, 7) is 5.48. The number of rotatable bonds is 3. The summed E-state index contributed by atoms with van der Waals surface area (Å²) in [5.41, 5.74) is 0. The first-order valence-electron chi connectivity index (χ1n) is 7.59. The molecule has 4 heterocycles. The van der Waals surface area contributed by atoms with Crippen LogP contribution in [0.2, 0.25) is 0 Å². The van der Waals surface area contributed by atoms with Crippen LogP contribution in [0.15, 0.2) is 22.9 Å². The van der Waals surface area contributed by atoms with Crippen LogP contribution >= 0.6 is 0 Å². The van der Waals surface area contributed by atoms with Crippen molar-refractivity contribution in [2.45, 2.75) is 25.9 Å². The van der Waals surface area contributed by atoms with Gasteiger partial charge in [0.15, 0.2) is 5.82 Å². The molecule has 0 saturated carbocycles. The third kappa shape index (κ3) is 2.45. The van der Waals surface area contributed by atoms with Crippen molar-refractivity contribution in [3.63, 3.8) is 0 Å². The van der Waals surface area contributed by atoms with Gasteiger partial charge in [-0.05, 0) is 37.9 Å². The van der Waals surface area contributed by atoms with E-state index in [1.54, 1.807) is 6.07 Å². The highest BCUT2D eigenvalue weighted by Crippen LogP contribution is 2.34. The van der Waals surface area contributed by atoms with Crippen molar-refractivity contribution in [2.75, 3.05) is 24.5 Å². The normalized spacial score (nSPS) is 24.9. The zero-order chi connectivity index (χ0) is 15.1. The number of anilines is 1. The van der Waals surface area contributed by atoms with Crippen molar-refractivity contribution in [3.05, 3.63) is 35.9 Å². The zero-order valence-corrected chi connectivity index (χ0v) is 12.4. The Morgan fingerprint density at radius 3 is 3.00 bits per heavy atom. The molecule has 0 amide bonds. The van der Waals surface area contributed by atoms with Crippen molar-refractivity contribution in [2.24, 2.45) is 5.92 Å². The molecule has 2 aliphatic rings. The molecule has 2 aromatic rings. The summed E-state index contributed by atoms with van der Waals surface area (Å²) in [5.74, 6) is 2.53. The smallest absolute Gasteiger partial charge is 0.240 e. The van der Waals surface area contributed by atoms with Crippen LogP contribution in [0.5, 0.6) is 0 Å². The summed E-state index contributed by atoms with van der Waals surface area (Å²) in [7, 11) is 0. The molecule has 0 bridgehead atoms. The van der Waals surface area contributed by atoms with Crippen molar-refractivity contribution in [1.29, 1.82) is 0 Å². The van der Waals surface area contributed by atoms with Gasteiger partial charge in [-0.2, -0.15) is 4.98 Å². The minimum Gasteiger partial charge on any atom is -0.355 e. The Hall–Kier alpha value is -2.02. The van der Waals surface area contributed by atoms with E-state index in [0.717, 1.165) is 31.9 Å². The van der Waals surface area contributed by atoms with Gasteiger partial charge >= 0.3 is 0 Å². The maximum absolute atomic E-state index is 13.0. The first kappa shape index (κ1) is 13.6. The number of hydrogen-bond donors (Lipinski definition) is 0. The Kier molecular flexibility index (Phi) is 3.29. The maximum atomic E-state index is 13.0. The fourth-order valence-corrected chi connectivity index (χ4v) is 3.57. The molecule has 2 saturated heterocycles. The molecule has 2 atom stereocenters. The lowest BCUT2D eigenvalue weighted by Gasteiger charge is -2.23. The van der Waals surface area contributed by atoms with Crippen LogP contribution in [0.4, 0.5) is 10.2 Å². The Labute approximate surface area is 127 Å². The van der Waals surface area contributed by atoms with Gasteiger partial charge in [0.2, 0.25) is 5.89 Å². The van der Waals surface area contributed by atoms with Gasteiger partial charge in [0.05, 0.1) is 12.7 Å². The van der Waals surface area contributed by atoms with Gasteiger partial charge in [0.1, 0.15) is 11.6 Å². The molecule has 2 fully saturated rings. The minimum absolute atomic E-state index is 0.295. The van der Waals surface area contributed by atoms with Gasteiger partial charge in [-0.1, -0.05) is 5.16 Å². The third-order valence-electron chi connectivity index (χ3n) is 4.61. The first-order valence-corrected chi connectivity index (χ1v) is 7.59. The molecule has 0 N–H and O–H groups in total. The van der Waals surface area contributed by atoms with Gasteiger partial charge in [-0.3, -0.25) is 4.90 Å². The fourth-order valence-electron chi connectivity index (χ4n) is 3.57. The van der Waals surface area contributed by atoms with Crippen LogP contribution in [0, 0.1) is 18.7 Å². The molecule has 4 rings (SSSR count). The SMILES string of the molecule is Cc1noc(CN2CCC3CN(c4ccc(F)cn4)CC32)n1. The van der Waals surface area contributed by atoms with E-state index < -0.39 is 0 Å². The standard InChI is InChI=1S/C15H18FN5O/c1-10-18-15(22-19-10)9-20-5-4-11-7-21(8-13(11)20)14-3-2-12(16)6-17-14/h2-3,6,11,13H,4-5,7-9H2,1H3. The molecule has 116 valence electrons. The number of aromatic nitrogens is 3. The Balaban J connectivity index is 1.45. The van der Waals surface area contributed by atoms with Crippen LogP contribution in [-0.4, -0.2) is 45.7 Å². The quantitative estimate of drug-likeness (QED) is 0.859. The number of likely N-dealkylation sites (tertiary alicyclic amines) is 1. The van der Waals surface area contributed by atoms with Crippen molar-refractivity contribution in [3.8, 4) is 0 Å². The van der Waals surface area contributed by atoms with E-state index in [1.165, 1.54) is 12.3 Å². The molecular weight excluding hydrogens is 285 g/mol. The lowest BCUT2D eigenvalue weighted by Crippen LogP contribution is -2.35. The fraction of sp³-hybridized carbons (Fsp3) is 0.533. The molecule has 22 heavy (non-hydrogen) atoms. The van der Waals surface area contributed by atoms with Crippen molar-refractivity contribution in [1.82, 2.24) is 20.0 Å². The predicted octanol–water partition coefficient (Wildman–Crippen LogP) is 1.62. The average molecular weight is 303 g/mol. The zero-order valence-electron chi connectivity index (χ0n) is 12.4. The number of fused-ring (bicyclic) bond motifs is 1. The van der Waals surface area contributed by atoms with Crippen LogP contribution in [0.1, 0.15) is 18.1 Å². The summed E-state index contributed by atoms with van der Waals surface area (Å²) >= 11 is 0. The van der Waals surface area contributed by atoms with Gasteiger partial charge < -0.3 is 9.42 Å². The lowest BCUT2D eigenvalue weighted by atomic mass is 10.1. The second-order valence-electron chi connectivity index (χ2n) is 6.06. The second-order valence-corrected chi connectivity index (χ2v) is 6.06. The minimum atomic E-state index is -0.295. The molecule has 6 nitrogen and oxygen atoms in total. The average Bonchev–Trinajstić information content (AvgIpc) is 3.18. The van der Waals surface area contributed by atoms with Crippen LogP contribution in [-0.2, 0) is 6.54 Å². The van der Waals surface area contributed by atoms with E-state index in [1.807, 2.05) is 6.92 Å². The molecule has 0 aromatic carbocycles. The summed E-state index contributed by atoms with van der Waals surface area (Å²) < 4.78 is 18.2. The van der Waals surface area contributed by atoms with E-state index in [9.17, 15) is 4.39 Å². The van der Waals surface area contributed by atoms with Gasteiger partial charge in [0, 0.05) is 19.1 Å². The van der Waals surface area contributed by atoms with E-state index in [4.69, 9.17) is 4.52 Å². The Morgan fingerprint density at radius 2 is 2.27 bits per heavy atom.